The van der Waals surface area contributed by atoms with Crippen molar-refractivity contribution >= 4 is 18.0 Å². The van der Waals surface area contributed by atoms with Gasteiger partial charge in [-0.05, 0) is 55.5 Å². The molecule has 3 rings (SSSR count). The molecule has 130 valence electrons. The number of aryl methyl sites for hydroxylation is 1. The van der Waals surface area contributed by atoms with Crippen molar-refractivity contribution in [2.24, 2.45) is 0 Å². The second-order valence-electron chi connectivity index (χ2n) is 6.08. The van der Waals surface area contributed by atoms with Crippen LogP contribution in [-0.4, -0.2) is 18.0 Å². The van der Waals surface area contributed by atoms with Crippen molar-refractivity contribution in [2.75, 3.05) is 0 Å². The number of hydrogen-bond donors (Lipinski definition) is 1. The van der Waals surface area contributed by atoms with E-state index in [4.69, 9.17) is 9.15 Å². The zero-order chi connectivity index (χ0) is 17.6. The van der Waals surface area contributed by atoms with Crippen LogP contribution in [0.1, 0.15) is 42.7 Å². The maximum Gasteiger partial charge on any atom is 0.331 e. The van der Waals surface area contributed by atoms with Crippen molar-refractivity contribution in [1.29, 1.82) is 0 Å². The number of rotatable bonds is 5. The van der Waals surface area contributed by atoms with Gasteiger partial charge in [-0.3, -0.25) is 4.79 Å². The zero-order valence-electron chi connectivity index (χ0n) is 14.1. The van der Waals surface area contributed by atoms with Gasteiger partial charge in [-0.15, -0.1) is 0 Å². The fourth-order valence-electron chi connectivity index (χ4n) is 3.00. The van der Waals surface area contributed by atoms with Crippen LogP contribution >= 0.6 is 0 Å². The van der Waals surface area contributed by atoms with Crippen LogP contribution < -0.4 is 5.32 Å². The zero-order valence-corrected chi connectivity index (χ0v) is 14.1. The summed E-state index contributed by atoms with van der Waals surface area (Å²) in [6.45, 7) is 1.57. The van der Waals surface area contributed by atoms with Crippen LogP contribution in [0.4, 0.5) is 0 Å². The van der Waals surface area contributed by atoms with E-state index < -0.39 is 12.1 Å². The number of ether oxygens (including phenoxy) is 1. The van der Waals surface area contributed by atoms with E-state index in [1.807, 2.05) is 18.2 Å². The highest BCUT2D eigenvalue weighted by Gasteiger charge is 2.24. The molecule has 1 aliphatic carbocycles. The van der Waals surface area contributed by atoms with Crippen molar-refractivity contribution in [3.8, 4) is 0 Å². The molecule has 1 heterocycles. The minimum Gasteiger partial charge on any atom is -0.465 e. The highest BCUT2D eigenvalue weighted by Crippen LogP contribution is 2.29. The van der Waals surface area contributed by atoms with Crippen LogP contribution in [0.3, 0.4) is 0 Å². The van der Waals surface area contributed by atoms with Crippen LogP contribution in [0.2, 0.25) is 0 Å². The lowest BCUT2D eigenvalue weighted by Crippen LogP contribution is -2.39. The van der Waals surface area contributed by atoms with E-state index in [1.165, 1.54) is 24.0 Å². The Bertz CT molecular complexity index is 764. The highest BCUT2D eigenvalue weighted by molar-refractivity contribution is 5.90. The summed E-state index contributed by atoms with van der Waals surface area (Å²) in [5, 5.41) is 2.99. The summed E-state index contributed by atoms with van der Waals surface area (Å²) in [6, 6.07) is 11.5. The standard InChI is InChI=1S/C20H21NO4/c1-14(25-19(22)12-11-16-8-5-13-24-16)20(23)21-18-10-4-7-15-6-2-3-9-17(15)18/h2-3,5-6,8-9,11-14,18H,4,7,10H2,1H3,(H,21,23)/b12-11+/t14-,18-/m1/s1. The Morgan fingerprint density at radius 1 is 1.28 bits per heavy atom. The molecule has 1 aromatic carbocycles. The third kappa shape index (κ3) is 4.38. The van der Waals surface area contributed by atoms with Gasteiger partial charge in [0, 0.05) is 6.08 Å². The van der Waals surface area contributed by atoms with Crippen molar-refractivity contribution in [2.45, 2.75) is 38.3 Å². The molecular weight excluding hydrogens is 318 g/mol. The van der Waals surface area contributed by atoms with Crippen molar-refractivity contribution in [3.05, 3.63) is 65.6 Å². The molecule has 0 bridgehead atoms. The molecule has 0 saturated heterocycles. The first-order valence-corrected chi connectivity index (χ1v) is 8.44. The maximum absolute atomic E-state index is 12.4. The lowest BCUT2D eigenvalue weighted by atomic mass is 9.87. The molecule has 0 radical (unpaired) electrons. The highest BCUT2D eigenvalue weighted by atomic mass is 16.5. The van der Waals surface area contributed by atoms with Crippen LogP contribution in [0, 0.1) is 0 Å². The summed E-state index contributed by atoms with van der Waals surface area (Å²) in [5.41, 5.74) is 2.42. The summed E-state index contributed by atoms with van der Waals surface area (Å²) in [6.07, 6.45) is 6.36. The van der Waals surface area contributed by atoms with Gasteiger partial charge < -0.3 is 14.5 Å². The minimum absolute atomic E-state index is 0.0303. The van der Waals surface area contributed by atoms with Gasteiger partial charge in [-0.25, -0.2) is 4.79 Å². The van der Waals surface area contributed by atoms with Crippen molar-refractivity contribution in [3.63, 3.8) is 0 Å². The Morgan fingerprint density at radius 3 is 2.92 bits per heavy atom. The summed E-state index contributed by atoms with van der Waals surface area (Å²) in [5.74, 6) is -0.322. The van der Waals surface area contributed by atoms with Crippen LogP contribution in [0.25, 0.3) is 6.08 Å². The molecule has 0 unspecified atom stereocenters. The van der Waals surface area contributed by atoms with Gasteiger partial charge in [0.1, 0.15) is 5.76 Å². The van der Waals surface area contributed by atoms with E-state index in [9.17, 15) is 9.59 Å². The smallest absolute Gasteiger partial charge is 0.331 e. The maximum atomic E-state index is 12.4. The van der Waals surface area contributed by atoms with E-state index in [-0.39, 0.29) is 11.9 Å². The lowest BCUT2D eigenvalue weighted by molar-refractivity contribution is -0.150. The van der Waals surface area contributed by atoms with Gasteiger partial charge in [0.05, 0.1) is 12.3 Å². The van der Waals surface area contributed by atoms with Crippen LogP contribution in [0.15, 0.2) is 53.2 Å². The molecule has 0 aliphatic heterocycles. The Hall–Kier alpha value is -2.82. The van der Waals surface area contributed by atoms with Gasteiger partial charge in [0.25, 0.3) is 5.91 Å². The summed E-state index contributed by atoms with van der Waals surface area (Å²) in [7, 11) is 0. The van der Waals surface area contributed by atoms with Crippen LogP contribution in [-0.2, 0) is 20.7 Å². The number of furan rings is 1. The molecule has 1 aromatic heterocycles. The first-order valence-electron chi connectivity index (χ1n) is 8.44. The Balaban J connectivity index is 1.55. The minimum atomic E-state index is -0.858. The molecule has 0 fully saturated rings. The summed E-state index contributed by atoms with van der Waals surface area (Å²) < 4.78 is 10.3. The Labute approximate surface area is 146 Å². The molecule has 5 heteroatoms. The fourth-order valence-corrected chi connectivity index (χ4v) is 3.00. The molecule has 1 N–H and O–H groups in total. The quantitative estimate of drug-likeness (QED) is 0.669. The molecule has 5 nitrogen and oxygen atoms in total. The summed E-state index contributed by atoms with van der Waals surface area (Å²) in [4.78, 5) is 24.2. The number of amides is 1. The monoisotopic (exact) mass is 339 g/mol. The average molecular weight is 339 g/mol. The molecule has 2 aromatic rings. The second kappa shape index (κ2) is 7.83. The molecule has 2 atom stereocenters. The van der Waals surface area contributed by atoms with E-state index in [0.29, 0.717) is 5.76 Å². The van der Waals surface area contributed by atoms with Gasteiger partial charge >= 0.3 is 5.97 Å². The van der Waals surface area contributed by atoms with E-state index in [2.05, 4.69) is 11.4 Å². The third-order valence-corrected chi connectivity index (χ3v) is 4.27. The number of carbonyl (C=O) groups excluding carboxylic acids is 2. The number of carbonyl (C=O) groups is 2. The molecular formula is C20H21NO4. The lowest BCUT2D eigenvalue weighted by Gasteiger charge is -2.27. The Morgan fingerprint density at radius 2 is 2.12 bits per heavy atom. The molecule has 0 spiro atoms. The second-order valence-corrected chi connectivity index (χ2v) is 6.08. The number of benzene rings is 1. The predicted octanol–water partition coefficient (Wildman–Crippen LogP) is 3.42. The largest absolute Gasteiger partial charge is 0.465 e. The van der Waals surface area contributed by atoms with Crippen molar-refractivity contribution < 1.29 is 18.7 Å². The van der Waals surface area contributed by atoms with E-state index >= 15 is 0 Å². The topological polar surface area (TPSA) is 68.5 Å². The fraction of sp³-hybridized carbons (Fsp3) is 0.300. The van der Waals surface area contributed by atoms with Gasteiger partial charge in [-0.2, -0.15) is 0 Å². The predicted molar refractivity (Wildman–Crippen MR) is 93.6 cm³/mol. The molecule has 0 saturated carbocycles. The van der Waals surface area contributed by atoms with Crippen LogP contribution in [0.5, 0.6) is 0 Å². The van der Waals surface area contributed by atoms with E-state index in [1.54, 1.807) is 19.1 Å². The SMILES string of the molecule is C[C@@H](OC(=O)/C=C/c1ccco1)C(=O)N[C@@H]1CCCc2ccccc21. The molecule has 25 heavy (non-hydrogen) atoms. The van der Waals surface area contributed by atoms with Crippen molar-refractivity contribution in [1.82, 2.24) is 5.32 Å². The van der Waals surface area contributed by atoms with E-state index in [0.717, 1.165) is 24.8 Å². The number of nitrogens with one attached hydrogen (secondary N) is 1. The van der Waals surface area contributed by atoms with Gasteiger partial charge in [-0.1, -0.05) is 24.3 Å². The number of fused-ring (bicyclic) bond motifs is 1. The number of esters is 1. The normalized spacial score (nSPS) is 17.7. The van der Waals surface area contributed by atoms with Gasteiger partial charge in [0.15, 0.2) is 6.10 Å². The first-order chi connectivity index (χ1) is 12.1. The third-order valence-electron chi connectivity index (χ3n) is 4.27. The Kier molecular flexibility index (Phi) is 5.33. The number of hydrogen-bond acceptors (Lipinski definition) is 4. The molecule has 1 aliphatic rings. The summed E-state index contributed by atoms with van der Waals surface area (Å²) >= 11 is 0. The average Bonchev–Trinajstić information content (AvgIpc) is 3.14. The molecule has 1 amide bonds. The first kappa shape index (κ1) is 17.0. The van der Waals surface area contributed by atoms with Gasteiger partial charge in [0.2, 0.25) is 0 Å².